The van der Waals surface area contributed by atoms with Crippen LogP contribution in [-0.2, 0) is 0 Å². The zero-order valence-electron chi connectivity index (χ0n) is 11.5. The smallest absolute Gasteiger partial charge is 0.0263 e. The van der Waals surface area contributed by atoms with Crippen LogP contribution >= 0.6 is 0 Å². The maximum absolute atomic E-state index is 3.66. The first-order valence-electron chi connectivity index (χ1n) is 6.34. The summed E-state index contributed by atoms with van der Waals surface area (Å²) in [5.41, 5.74) is 1.57. The summed E-state index contributed by atoms with van der Waals surface area (Å²) < 4.78 is 0. The van der Waals surface area contributed by atoms with Crippen LogP contribution in [0.15, 0.2) is 0 Å². The molecule has 0 aromatic carbocycles. The monoisotopic (exact) mass is 209 g/mol. The zero-order valence-corrected chi connectivity index (χ0v) is 11.5. The molecule has 2 bridgehead atoms. The van der Waals surface area contributed by atoms with Gasteiger partial charge in [0.05, 0.1) is 0 Å². The fraction of sp³-hybridized carbons (Fsp3) is 1.00. The van der Waals surface area contributed by atoms with Gasteiger partial charge in [0.25, 0.3) is 0 Å². The van der Waals surface area contributed by atoms with Crippen molar-refractivity contribution in [2.45, 2.75) is 59.9 Å². The average molecular weight is 209 g/mol. The van der Waals surface area contributed by atoms with E-state index in [0.29, 0.717) is 16.2 Å². The van der Waals surface area contributed by atoms with Crippen molar-refractivity contribution in [1.29, 1.82) is 0 Å². The van der Waals surface area contributed by atoms with Crippen LogP contribution in [0.25, 0.3) is 0 Å². The van der Waals surface area contributed by atoms with E-state index in [1.54, 1.807) is 0 Å². The van der Waals surface area contributed by atoms with Gasteiger partial charge in [-0.2, -0.15) is 0 Å². The Kier molecular flexibility index (Phi) is 1.99. The Bertz CT molecular complexity index is 290. The van der Waals surface area contributed by atoms with E-state index in [4.69, 9.17) is 0 Å². The lowest BCUT2D eigenvalue weighted by molar-refractivity contribution is 0.0163. The van der Waals surface area contributed by atoms with Gasteiger partial charge in [-0.1, -0.05) is 34.6 Å². The molecule has 88 valence electrons. The summed E-state index contributed by atoms with van der Waals surface area (Å²) >= 11 is 0. The highest BCUT2D eigenvalue weighted by Crippen LogP contribution is 2.75. The average Bonchev–Trinajstić information content (AvgIpc) is 2.40. The lowest BCUT2D eigenvalue weighted by Gasteiger charge is -2.53. The first kappa shape index (κ1) is 11.4. The highest BCUT2D eigenvalue weighted by molar-refractivity contribution is 5.26. The molecule has 0 aromatic heterocycles. The standard InChI is InChI=1S/C14H27N/c1-11(2)10-8-9-13(11,5)14(6,15-7)12(10,3)4/h10,15H,8-9H2,1-7H3/t10-,13+,14+/m0/s1. The summed E-state index contributed by atoms with van der Waals surface area (Å²) in [6.45, 7) is 14.8. The fourth-order valence-corrected chi connectivity index (χ4v) is 5.32. The van der Waals surface area contributed by atoms with E-state index >= 15 is 0 Å². The third kappa shape index (κ3) is 0.868. The van der Waals surface area contributed by atoms with Crippen molar-refractivity contribution in [2.24, 2.45) is 22.2 Å². The molecule has 3 atom stereocenters. The Morgan fingerprint density at radius 3 is 1.73 bits per heavy atom. The second-order valence-electron chi connectivity index (χ2n) is 7.24. The summed E-state index contributed by atoms with van der Waals surface area (Å²) in [6, 6.07) is 0. The lowest BCUT2D eigenvalue weighted by Crippen LogP contribution is -2.60. The van der Waals surface area contributed by atoms with Gasteiger partial charge in [-0.05, 0) is 49.0 Å². The van der Waals surface area contributed by atoms with Gasteiger partial charge in [0.15, 0.2) is 0 Å². The largest absolute Gasteiger partial charge is 0.313 e. The highest BCUT2D eigenvalue weighted by Gasteiger charge is 2.74. The quantitative estimate of drug-likeness (QED) is 0.697. The number of hydrogen-bond acceptors (Lipinski definition) is 1. The minimum absolute atomic E-state index is 0.270. The van der Waals surface area contributed by atoms with Gasteiger partial charge in [0.2, 0.25) is 0 Å². The van der Waals surface area contributed by atoms with Crippen molar-refractivity contribution in [3.05, 3.63) is 0 Å². The van der Waals surface area contributed by atoms with Crippen molar-refractivity contribution < 1.29 is 0 Å². The van der Waals surface area contributed by atoms with Gasteiger partial charge >= 0.3 is 0 Å². The Morgan fingerprint density at radius 2 is 1.47 bits per heavy atom. The van der Waals surface area contributed by atoms with Gasteiger partial charge in [-0.3, -0.25) is 0 Å². The third-order valence-corrected chi connectivity index (χ3v) is 6.99. The Balaban J connectivity index is 2.61. The van der Waals surface area contributed by atoms with E-state index in [1.807, 2.05) is 0 Å². The maximum Gasteiger partial charge on any atom is 0.0263 e. The van der Waals surface area contributed by atoms with E-state index in [-0.39, 0.29) is 5.54 Å². The maximum atomic E-state index is 3.66. The molecule has 2 rings (SSSR count). The van der Waals surface area contributed by atoms with Crippen LogP contribution < -0.4 is 5.32 Å². The summed E-state index contributed by atoms with van der Waals surface area (Å²) in [5, 5.41) is 3.66. The lowest BCUT2D eigenvalue weighted by atomic mass is 9.58. The molecule has 15 heavy (non-hydrogen) atoms. The summed E-state index contributed by atoms with van der Waals surface area (Å²) in [7, 11) is 2.14. The van der Waals surface area contributed by atoms with Crippen molar-refractivity contribution in [3.63, 3.8) is 0 Å². The van der Waals surface area contributed by atoms with Crippen LogP contribution in [-0.4, -0.2) is 12.6 Å². The van der Waals surface area contributed by atoms with Gasteiger partial charge in [-0.25, -0.2) is 0 Å². The van der Waals surface area contributed by atoms with E-state index in [1.165, 1.54) is 12.8 Å². The molecule has 0 radical (unpaired) electrons. The third-order valence-electron chi connectivity index (χ3n) is 6.99. The van der Waals surface area contributed by atoms with Crippen molar-refractivity contribution in [3.8, 4) is 0 Å². The Hall–Kier alpha value is -0.0400. The molecule has 0 heterocycles. The number of nitrogens with one attached hydrogen (secondary N) is 1. The molecule has 2 fully saturated rings. The molecular weight excluding hydrogens is 182 g/mol. The number of hydrogen-bond donors (Lipinski definition) is 1. The zero-order chi connectivity index (χ0) is 11.7. The Morgan fingerprint density at radius 1 is 0.933 bits per heavy atom. The number of rotatable bonds is 1. The first-order chi connectivity index (χ1) is 6.65. The van der Waals surface area contributed by atoms with Crippen LogP contribution in [0.5, 0.6) is 0 Å². The second kappa shape index (κ2) is 2.61. The highest BCUT2D eigenvalue weighted by atomic mass is 15.0. The van der Waals surface area contributed by atoms with Crippen molar-refractivity contribution >= 4 is 0 Å². The second-order valence-corrected chi connectivity index (χ2v) is 7.24. The molecular formula is C14H27N. The van der Waals surface area contributed by atoms with Crippen LogP contribution in [0.1, 0.15) is 54.4 Å². The van der Waals surface area contributed by atoms with Gasteiger partial charge in [0, 0.05) is 5.54 Å². The van der Waals surface area contributed by atoms with E-state index in [9.17, 15) is 0 Å². The molecule has 2 aliphatic rings. The molecule has 0 unspecified atom stereocenters. The van der Waals surface area contributed by atoms with Crippen LogP contribution in [0, 0.1) is 22.2 Å². The summed E-state index contributed by atoms with van der Waals surface area (Å²) in [4.78, 5) is 0. The van der Waals surface area contributed by atoms with E-state index in [0.717, 1.165) is 5.92 Å². The topological polar surface area (TPSA) is 12.0 Å². The minimum Gasteiger partial charge on any atom is -0.313 e. The van der Waals surface area contributed by atoms with Gasteiger partial charge in [-0.15, -0.1) is 0 Å². The molecule has 0 saturated heterocycles. The predicted molar refractivity (Wildman–Crippen MR) is 65.9 cm³/mol. The number of fused-ring (bicyclic) bond motifs is 2. The molecule has 1 N–H and O–H groups in total. The van der Waals surface area contributed by atoms with Crippen LogP contribution in [0.4, 0.5) is 0 Å². The van der Waals surface area contributed by atoms with Gasteiger partial charge < -0.3 is 5.32 Å². The fourth-order valence-electron chi connectivity index (χ4n) is 5.32. The molecule has 2 saturated carbocycles. The van der Waals surface area contributed by atoms with E-state index in [2.05, 4.69) is 53.9 Å². The van der Waals surface area contributed by atoms with E-state index < -0.39 is 0 Å². The molecule has 1 heteroatoms. The minimum atomic E-state index is 0.270. The van der Waals surface area contributed by atoms with Crippen molar-refractivity contribution in [2.75, 3.05) is 7.05 Å². The molecule has 0 amide bonds. The normalized spacial score (nSPS) is 51.0. The first-order valence-corrected chi connectivity index (χ1v) is 6.34. The SMILES string of the molecule is CN[C@]1(C)C(C)(C)[C@H]2CC[C@]1(C)C2(C)C. The molecule has 2 aliphatic carbocycles. The van der Waals surface area contributed by atoms with Crippen LogP contribution in [0.2, 0.25) is 0 Å². The summed E-state index contributed by atoms with van der Waals surface area (Å²) in [6.07, 6.45) is 2.79. The molecule has 0 spiro atoms. The van der Waals surface area contributed by atoms with Crippen LogP contribution in [0.3, 0.4) is 0 Å². The predicted octanol–water partition coefficient (Wildman–Crippen LogP) is 3.45. The van der Waals surface area contributed by atoms with Gasteiger partial charge in [0.1, 0.15) is 0 Å². The molecule has 0 aromatic rings. The summed E-state index contributed by atoms with van der Waals surface area (Å²) in [5.74, 6) is 0.854. The Labute approximate surface area is 95.0 Å². The molecule has 0 aliphatic heterocycles. The molecule has 1 nitrogen and oxygen atoms in total. The van der Waals surface area contributed by atoms with Crippen molar-refractivity contribution in [1.82, 2.24) is 5.32 Å².